The van der Waals surface area contributed by atoms with Crippen LogP contribution in [-0.4, -0.2) is 11.2 Å². The van der Waals surface area contributed by atoms with Crippen LogP contribution in [0.15, 0.2) is 47.5 Å². The molecule has 0 radical (unpaired) electrons. The molecule has 0 fully saturated rings. The van der Waals surface area contributed by atoms with Crippen molar-refractivity contribution in [2.24, 2.45) is 0 Å². The van der Waals surface area contributed by atoms with Crippen molar-refractivity contribution in [3.8, 4) is 6.07 Å². The van der Waals surface area contributed by atoms with Crippen molar-refractivity contribution in [2.75, 3.05) is 11.6 Å². The average Bonchev–Trinajstić information content (AvgIpc) is 2.40. The highest BCUT2D eigenvalue weighted by molar-refractivity contribution is 7.98. The molecule has 1 N–H and O–H groups in total. The smallest absolute Gasteiger partial charge is 0.140 e. The normalized spacial score (nSPS) is 9.65. The van der Waals surface area contributed by atoms with Gasteiger partial charge >= 0.3 is 0 Å². The third kappa shape index (κ3) is 2.99. The van der Waals surface area contributed by atoms with E-state index < -0.39 is 0 Å². The molecule has 17 heavy (non-hydrogen) atoms. The van der Waals surface area contributed by atoms with E-state index in [0.717, 1.165) is 11.4 Å². The fraction of sp³-hybridized carbons (Fsp3) is 0.0769. The molecule has 0 aliphatic rings. The summed E-state index contributed by atoms with van der Waals surface area (Å²) in [4.78, 5) is 5.23. The second-order valence-electron chi connectivity index (χ2n) is 3.40. The van der Waals surface area contributed by atoms with E-state index in [4.69, 9.17) is 5.26 Å². The van der Waals surface area contributed by atoms with E-state index in [9.17, 15) is 0 Å². The van der Waals surface area contributed by atoms with Crippen molar-refractivity contribution < 1.29 is 0 Å². The number of anilines is 2. The minimum Gasteiger partial charge on any atom is -0.354 e. The Morgan fingerprint density at radius 3 is 2.35 bits per heavy atom. The quantitative estimate of drug-likeness (QED) is 0.836. The SMILES string of the molecule is CSc1ccc(Nc2ccc(C#N)nc2)cc1. The Hall–Kier alpha value is -1.99. The van der Waals surface area contributed by atoms with Gasteiger partial charge in [-0.1, -0.05) is 0 Å². The molecule has 0 atom stereocenters. The van der Waals surface area contributed by atoms with E-state index in [2.05, 4.69) is 22.4 Å². The van der Waals surface area contributed by atoms with Gasteiger partial charge in [-0.05, 0) is 42.7 Å². The lowest BCUT2D eigenvalue weighted by Gasteiger charge is -2.06. The molecule has 0 unspecified atom stereocenters. The van der Waals surface area contributed by atoms with E-state index in [-0.39, 0.29) is 0 Å². The number of hydrogen-bond acceptors (Lipinski definition) is 4. The Morgan fingerprint density at radius 2 is 1.82 bits per heavy atom. The third-order valence-electron chi connectivity index (χ3n) is 2.26. The molecule has 0 amide bonds. The van der Waals surface area contributed by atoms with E-state index >= 15 is 0 Å². The average molecular weight is 241 g/mol. The number of benzene rings is 1. The summed E-state index contributed by atoms with van der Waals surface area (Å²) in [5.41, 5.74) is 2.31. The minimum absolute atomic E-state index is 0.424. The first-order valence-corrected chi connectivity index (χ1v) is 6.31. The highest BCUT2D eigenvalue weighted by atomic mass is 32.2. The lowest BCUT2D eigenvalue weighted by atomic mass is 10.3. The Kier molecular flexibility index (Phi) is 3.63. The molecule has 2 rings (SSSR count). The zero-order valence-electron chi connectivity index (χ0n) is 9.34. The number of nitrogens with zero attached hydrogens (tertiary/aromatic N) is 2. The Labute approximate surface area is 105 Å². The summed E-state index contributed by atoms with van der Waals surface area (Å²) in [5, 5.41) is 11.9. The predicted molar refractivity (Wildman–Crippen MR) is 70.5 cm³/mol. The van der Waals surface area contributed by atoms with Gasteiger partial charge in [-0.15, -0.1) is 11.8 Å². The monoisotopic (exact) mass is 241 g/mol. The molecule has 2 aromatic rings. The van der Waals surface area contributed by atoms with Crippen molar-refractivity contribution in [1.29, 1.82) is 5.26 Å². The number of aromatic nitrogens is 1. The van der Waals surface area contributed by atoms with Gasteiger partial charge < -0.3 is 5.32 Å². The molecule has 84 valence electrons. The maximum absolute atomic E-state index is 8.64. The Morgan fingerprint density at radius 1 is 1.12 bits per heavy atom. The first-order valence-electron chi connectivity index (χ1n) is 5.09. The van der Waals surface area contributed by atoms with E-state index in [1.165, 1.54) is 4.90 Å². The molecule has 0 bridgehead atoms. The van der Waals surface area contributed by atoms with E-state index in [0.29, 0.717) is 5.69 Å². The van der Waals surface area contributed by atoms with Crippen LogP contribution in [0.2, 0.25) is 0 Å². The standard InChI is InChI=1S/C13H11N3S/c1-17-13-6-4-10(5-7-13)16-12-3-2-11(8-14)15-9-12/h2-7,9,16H,1H3. The van der Waals surface area contributed by atoms with Crippen molar-refractivity contribution in [1.82, 2.24) is 4.98 Å². The van der Waals surface area contributed by atoms with Gasteiger partial charge in [0.25, 0.3) is 0 Å². The number of rotatable bonds is 3. The lowest BCUT2D eigenvalue weighted by Crippen LogP contribution is -1.91. The van der Waals surface area contributed by atoms with Gasteiger partial charge in [-0.2, -0.15) is 5.26 Å². The molecule has 0 saturated heterocycles. The van der Waals surface area contributed by atoms with Crippen LogP contribution in [0, 0.1) is 11.3 Å². The minimum atomic E-state index is 0.424. The van der Waals surface area contributed by atoms with Gasteiger partial charge in [0.15, 0.2) is 0 Å². The summed E-state index contributed by atoms with van der Waals surface area (Å²) in [7, 11) is 0. The maximum atomic E-state index is 8.64. The molecule has 1 aromatic heterocycles. The summed E-state index contributed by atoms with van der Waals surface area (Å²) in [6.45, 7) is 0. The first kappa shape index (κ1) is 11.5. The van der Waals surface area contributed by atoms with E-state index in [1.807, 2.05) is 30.5 Å². The van der Waals surface area contributed by atoms with Gasteiger partial charge in [-0.25, -0.2) is 4.98 Å². The van der Waals surface area contributed by atoms with Crippen LogP contribution in [0.1, 0.15) is 5.69 Å². The largest absolute Gasteiger partial charge is 0.354 e. The van der Waals surface area contributed by atoms with Gasteiger partial charge in [0, 0.05) is 10.6 Å². The van der Waals surface area contributed by atoms with Crippen LogP contribution < -0.4 is 5.32 Å². The van der Waals surface area contributed by atoms with Gasteiger partial charge in [0.2, 0.25) is 0 Å². The number of nitriles is 1. The maximum Gasteiger partial charge on any atom is 0.140 e. The van der Waals surface area contributed by atoms with Crippen LogP contribution >= 0.6 is 11.8 Å². The fourth-order valence-electron chi connectivity index (χ4n) is 1.37. The summed E-state index contributed by atoms with van der Waals surface area (Å²) in [5.74, 6) is 0. The summed E-state index contributed by atoms with van der Waals surface area (Å²) in [6.07, 6.45) is 3.70. The first-order chi connectivity index (χ1) is 8.31. The summed E-state index contributed by atoms with van der Waals surface area (Å²) >= 11 is 1.71. The molecule has 0 spiro atoms. The van der Waals surface area contributed by atoms with Crippen LogP contribution in [-0.2, 0) is 0 Å². The number of thioether (sulfide) groups is 1. The summed E-state index contributed by atoms with van der Waals surface area (Å²) in [6, 6.07) is 13.7. The second kappa shape index (κ2) is 5.37. The number of hydrogen-bond donors (Lipinski definition) is 1. The fourth-order valence-corrected chi connectivity index (χ4v) is 1.78. The van der Waals surface area contributed by atoms with Gasteiger partial charge in [-0.3, -0.25) is 0 Å². The van der Waals surface area contributed by atoms with Crippen molar-refractivity contribution in [2.45, 2.75) is 4.90 Å². The molecule has 3 nitrogen and oxygen atoms in total. The zero-order valence-corrected chi connectivity index (χ0v) is 10.2. The highest BCUT2D eigenvalue weighted by Crippen LogP contribution is 2.20. The Balaban J connectivity index is 2.11. The van der Waals surface area contributed by atoms with Gasteiger partial charge in [0.1, 0.15) is 11.8 Å². The second-order valence-corrected chi connectivity index (χ2v) is 4.28. The molecule has 4 heteroatoms. The number of nitrogens with one attached hydrogen (secondary N) is 1. The predicted octanol–water partition coefficient (Wildman–Crippen LogP) is 3.42. The molecule has 0 saturated carbocycles. The molecule has 1 aromatic carbocycles. The van der Waals surface area contributed by atoms with Crippen molar-refractivity contribution >= 4 is 23.1 Å². The van der Waals surface area contributed by atoms with Gasteiger partial charge in [0.05, 0.1) is 11.9 Å². The molecular formula is C13H11N3S. The van der Waals surface area contributed by atoms with Crippen LogP contribution in [0.3, 0.4) is 0 Å². The van der Waals surface area contributed by atoms with Crippen LogP contribution in [0.25, 0.3) is 0 Å². The Bertz CT molecular complexity index is 526. The third-order valence-corrected chi connectivity index (χ3v) is 3.00. The molecule has 0 aliphatic heterocycles. The molecular weight excluding hydrogens is 230 g/mol. The molecule has 1 heterocycles. The van der Waals surface area contributed by atoms with Crippen LogP contribution in [0.4, 0.5) is 11.4 Å². The zero-order chi connectivity index (χ0) is 12.1. The lowest BCUT2D eigenvalue weighted by molar-refractivity contribution is 1.26. The summed E-state index contributed by atoms with van der Waals surface area (Å²) < 4.78 is 0. The van der Waals surface area contributed by atoms with Crippen LogP contribution in [0.5, 0.6) is 0 Å². The van der Waals surface area contributed by atoms with Crippen molar-refractivity contribution in [3.63, 3.8) is 0 Å². The topological polar surface area (TPSA) is 48.7 Å². The number of pyridine rings is 1. The van der Waals surface area contributed by atoms with E-state index in [1.54, 1.807) is 24.0 Å². The van der Waals surface area contributed by atoms with Crippen molar-refractivity contribution in [3.05, 3.63) is 48.3 Å². The highest BCUT2D eigenvalue weighted by Gasteiger charge is 1.96. The molecule has 0 aliphatic carbocycles.